The number of hydrogen-bond donors (Lipinski definition) is 2. The molecule has 0 atom stereocenters. The zero-order chi connectivity index (χ0) is 14.4. The Morgan fingerprint density at radius 3 is 2.65 bits per heavy atom. The van der Waals surface area contributed by atoms with Gasteiger partial charge in [0.1, 0.15) is 11.6 Å². The van der Waals surface area contributed by atoms with Crippen LogP contribution in [-0.4, -0.2) is 18.6 Å². The van der Waals surface area contributed by atoms with Gasteiger partial charge in [-0.2, -0.15) is 0 Å². The van der Waals surface area contributed by atoms with Crippen LogP contribution in [0, 0.1) is 5.82 Å². The van der Waals surface area contributed by atoms with Crippen molar-refractivity contribution >= 4 is 11.6 Å². The molecule has 0 heterocycles. The lowest BCUT2D eigenvalue weighted by atomic mass is 10.1. The molecule has 1 aromatic carbocycles. The molecular weight excluding hydrogens is 259 g/mol. The number of ether oxygens (including phenoxy) is 1. The molecule has 0 aliphatic heterocycles. The number of hydrogen-bond acceptors (Lipinski definition) is 3. The Morgan fingerprint density at radius 1 is 1.30 bits per heavy atom. The zero-order valence-electron chi connectivity index (χ0n) is 11.5. The van der Waals surface area contributed by atoms with Gasteiger partial charge in [0.05, 0.1) is 5.69 Å². The first kappa shape index (κ1) is 14.6. The second-order valence-electron chi connectivity index (χ2n) is 5.23. The van der Waals surface area contributed by atoms with Gasteiger partial charge in [-0.1, -0.05) is 25.7 Å². The average Bonchev–Trinajstić information content (AvgIpc) is 2.69. The molecule has 3 N–H and O–H groups in total. The van der Waals surface area contributed by atoms with E-state index in [0.717, 1.165) is 25.7 Å². The smallest absolute Gasteiger partial charge is 0.258 e. The van der Waals surface area contributed by atoms with Crippen LogP contribution >= 0.6 is 0 Å². The number of halogens is 1. The van der Waals surface area contributed by atoms with Crippen LogP contribution in [0.1, 0.15) is 38.5 Å². The summed E-state index contributed by atoms with van der Waals surface area (Å²) in [5, 5.41) is 2.97. The van der Waals surface area contributed by atoms with E-state index in [1.165, 1.54) is 25.0 Å². The monoisotopic (exact) mass is 280 g/mol. The molecule has 0 radical (unpaired) electrons. The van der Waals surface area contributed by atoms with Gasteiger partial charge in [0.15, 0.2) is 6.61 Å². The van der Waals surface area contributed by atoms with Crippen LogP contribution in [0.15, 0.2) is 18.2 Å². The van der Waals surface area contributed by atoms with E-state index in [1.54, 1.807) is 6.07 Å². The van der Waals surface area contributed by atoms with Gasteiger partial charge >= 0.3 is 0 Å². The number of nitrogen functional groups attached to an aromatic ring is 1. The summed E-state index contributed by atoms with van der Waals surface area (Å²) in [4.78, 5) is 11.8. The number of nitrogens with one attached hydrogen (secondary N) is 1. The number of amides is 1. The van der Waals surface area contributed by atoms with Crippen LogP contribution in [0.4, 0.5) is 10.1 Å². The minimum atomic E-state index is -0.535. The Kier molecular flexibility index (Phi) is 5.21. The molecule has 2 rings (SSSR count). The molecule has 0 unspecified atom stereocenters. The molecule has 1 amide bonds. The fourth-order valence-electron chi connectivity index (χ4n) is 2.44. The molecule has 0 spiro atoms. The highest BCUT2D eigenvalue weighted by Crippen LogP contribution is 2.18. The van der Waals surface area contributed by atoms with Gasteiger partial charge < -0.3 is 15.8 Å². The lowest BCUT2D eigenvalue weighted by Crippen LogP contribution is -2.37. The molecule has 0 saturated heterocycles. The Labute approximate surface area is 118 Å². The molecule has 110 valence electrons. The summed E-state index contributed by atoms with van der Waals surface area (Å²) in [5.41, 5.74) is 5.44. The third kappa shape index (κ3) is 4.40. The fourth-order valence-corrected chi connectivity index (χ4v) is 2.44. The summed E-state index contributed by atoms with van der Waals surface area (Å²) < 4.78 is 18.5. The van der Waals surface area contributed by atoms with E-state index >= 15 is 0 Å². The highest BCUT2D eigenvalue weighted by molar-refractivity contribution is 5.77. The maximum Gasteiger partial charge on any atom is 0.258 e. The van der Waals surface area contributed by atoms with Crippen molar-refractivity contribution in [1.82, 2.24) is 5.32 Å². The first-order chi connectivity index (χ1) is 9.65. The third-order valence-electron chi connectivity index (χ3n) is 3.56. The minimum absolute atomic E-state index is 0.0697. The Bertz CT molecular complexity index is 457. The van der Waals surface area contributed by atoms with Crippen LogP contribution in [0.25, 0.3) is 0 Å². The topological polar surface area (TPSA) is 64.3 Å². The number of benzene rings is 1. The number of anilines is 1. The van der Waals surface area contributed by atoms with Gasteiger partial charge in [-0.25, -0.2) is 4.39 Å². The van der Waals surface area contributed by atoms with Crippen molar-refractivity contribution in [2.75, 3.05) is 12.3 Å². The predicted octanol–water partition coefficient (Wildman–Crippen LogP) is 2.63. The molecule has 1 aromatic rings. The van der Waals surface area contributed by atoms with Gasteiger partial charge in [-0.3, -0.25) is 4.79 Å². The second kappa shape index (κ2) is 7.12. The summed E-state index contributed by atoms with van der Waals surface area (Å²) in [6.07, 6.45) is 6.87. The van der Waals surface area contributed by atoms with Gasteiger partial charge in [-0.05, 0) is 25.0 Å². The van der Waals surface area contributed by atoms with Crippen molar-refractivity contribution in [3.05, 3.63) is 24.0 Å². The third-order valence-corrected chi connectivity index (χ3v) is 3.56. The SMILES string of the molecule is Nc1ccc(OCC(=O)NC2CCCCCC2)cc1F. The zero-order valence-corrected chi connectivity index (χ0v) is 11.5. The van der Waals surface area contributed by atoms with E-state index in [1.807, 2.05) is 0 Å². The molecule has 1 fully saturated rings. The maximum absolute atomic E-state index is 13.2. The first-order valence-corrected chi connectivity index (χ1v) is 7.12. The normalized spacial score (nSPS) is 16.4. The van der Waals surface area contributed by atoms with Crippen molar-refractivity contribution in [3.63, 3.8) is 0 Å². The number of rotatable bonds is 4. The van der Waals surface area contributed by atoms with Crippen molar-refractivity contribution in [3.8, 4) is 5.75 Å². The van der Waals surface area contributed by atoms with Gasteiger partial charge in [0.25, 0.3) is 5.91 Å². The van der Waals surface area contributed by atoms with Gasteiger partial charge in [0.2, 0.25) is 0 Å². The van der Waals surface area contributed by atoms with Crippen LogP contribution in [0.3, 0.4) is 0 Å². The summed E-state index contributed by atoms with van der Waals surface area (Å²) in [7, 11) is 0. The van der Waals surface area contributed by atoms with Crippen molar-refractivity contribution in [2.24, 2.45) is 0 Å². The molecule has 1 saturated carbocycles. The van der Waals surface area contributed by atoms with Crippen LogP contribution in [-0.2, 0) is 4.79 Å². The quantitative estimate of drug-likeness (QED) is 0.658. The fraction of sp³-hybridized carbons (Fsp3) is 0.533. The predicted molar refractivity (Wildman–Crippen MR) is 75.9 cm³/mol. The van der Waals surface area contributed by atoms with Crippen molar-refractivity contribution in [2.45, 2.75) is 44.6 Å². The molecule has 0 aromatic heterocycles. The molecule has 1 aliphatic carbocycles. The number of carbonyl (C=O) groups is 1. The van der Waals surface area contributed by atoms with Crippen LogP contribution in [0.2, 0.25) is 0 Å². The van der Waals surface area contributed by atoms with E-state index in [0.29, 0.717) is 5.75 Å². The number of carbonyl (C=O) groups excluding carboxylic acids is 1. The molecule has 4 nitrogen and oxygen atoms in total. The highest BCUT2D eigenvalue weighted by Gasteiger charge is 2.15. The maximum atomic E-state index is 13.2. The molecule has 20 heavy (non-hydrogen) atoms. The Hall–Kier alpha value is -1.78. The van der Waals surface area contributed by atoms with Crippen molar-refractivity contribution in [1.29, 1.82) is 0 Å². The highest BCUT2D eigenvalue weighted by atomic mass is 19.1. The largest absolute Gasteiger partial charge is 0.484 e. The van der Waals surface area contributed by atoms with Crippen LogP contribution in [0.5, 0.6) is 5.75 Å². The number of nitrogens with two attached hydrogens (primary N) is 1. The summed E-state index contributed by atoms with van der Waals surface area (Å²) >= 11 is 0. The van der Waals surface area contributed by atoms with Crippen molar-refractivity contribution < 1.29 is 13.9 Å². The lowest BCUT2D eigenvalue weighted by molar-refractivity contribution is -0.123. The molecule has 1 aliphatic rings. The molecule has 5 heteroatoms. The molecule has 0 bridgehead atoms. The van der Waals surface area contributed by atoms with Gasteiger partial charge in [0, 0.05) is 12.1 Å². The van der Waals surface area contributed by atoms with E-state index in [4.69, 9.17) is 10.5 Å². The van der Waals surface area contributed by atoms with E-state index < -0.39 is 5.82 Å². The Balaban J connectivity index is 1.77. The van der Waals surface area contributed by atoms with E-state index in [2.05, 4.69) is 5.32 Å². The van der Waals surface area contributed by atoms with Gasteiger partial charge in [-0.15, -0.1) is 0 Å². The van der Waals surface area contributed by atoms with Crippen LogP contribution < -0.4 is 15.8 Å². The second-order valence-corrected chi connectivity index (χ2v) is 5.23. The van der Waals surface area contributed by atoms with E-state index in [-0.39, 0.29) is 24.2 Å². The summed E-state index contributed by atoms with van der Waals surface area (Å²) in [5.74, 6) is -0.381. The molecular formula is C15H21FN2O2. The first-order valence-electron chi connectivity index (χ1n) is 7.12. The summed E-state index contributed by atoms with van der Waals surface area (Å²) in [6, 6.07) is 4.41. The average molecular weight is 280 g/mol. The summed E-state index contributed by atoms with van der Waals surface area (Å²) in [6.45, 7) is -0.0974. The minimum Gasteiger partial charge on any atom is -0.484 e. The standard InChI is InChI=1S/C15H21FN2O2/c16-13-9-12(7-8-14(13)17)20-10-15(19)18-11-5-3-1-2-4-6-11/h7-9,11H,1-6,10,17H2,(H,18,19). The lowest BCUT2D eigenvalue weighted by Gasteiger charge is -2.16. The van der Waals surface area contributed by atoms with E-state index in [9.17, 15) is 9.18 Å². The Morgan fingerprint density at radius 2 is 2.00 bits per heavy atom.